The summed E-state index contributed by atoms with van der Waals surface area (Å²) in [6, 6.07) is 0.787. The fraction of sp³-hybridized carbons (Fsp3) is 1.00. The van der Waals surface area contributed by atoms with Gasteiger partial charge in [0, 0.05) is 12.6 Å². The molecule has 2 saturated carbocycles. The number of hydrogen-bond acceptors (Lipinski definition) is 2. The average molecular weight is 169 g/mol. The molecular formula is C10H19NO. The summed E-state index contributed by atoms with van der Waals surface area (Å²) < 4.78 is 0. The Kier molecular flexibility index (Phi) is 2.13. The number of hydrogen-bond donors (Lipinski definition) is 1. The van der Waals surface area contributed by atoms with E-state index in [0.29, 0.717) is 0 Å². The smallest absolute Gasteiger partial charge is 0.0774 e. The normalized spacial score (nSPS) is 28.2. The van der Waals surface area contributed by atoms with Crippen molar-refractivity contribution in [2.75, 3.05) is 13.6 Å². The van der Waals surface area contributed by atoms with Crippen LogP contribution in [0.4, 0.5) is 0 Å². The van der Waals surface area contributed by atoms with Gasteiger partial charge in [-0.1, -0.05) is 12.8 Å². The van der Waals surface area contributed by atoms with Crippen LogP contribution in [-0.2, 0) is 0 Å². The van der Waals surface area contributed by atoms with Crippen LogP contribution in [0.3, 0.4) is 0 Å². The second kappa shape index (κ2) is 3.00. The van der Waals surface area contributed by atoms with Crippen LogP contribution in [0.1, 0.15) is 38.5 Å². The molecule has 70 valence electrons. The van der Waals surface area contributed by atoms with Crippen LogP contribution in [0, 0.1) is 0 Å². The van der Waals surface area contributed by atoms with Gasteiger partial charge in [0.2, 0.25) is 0 Å². The van der Waals surface area contributed by atoms with E-state index in [1.54, 1.807) is 0 Å². The van der Waals surface area contributed by atoms with Crippen molar-refractivity contribution in [1.82, 2.24) is 4.90 Å². The second-order valence-electron chi connectivity index (χ2n) is 4.58. The molecule has 1 N–H and O–H groups in total. The van der Waals surface area contributed by atoms with Crippen molar-refractivity contribution in [3.63, 3.8) is 0 Å². The van der Waals surface area contributed by atoms with Gasteiger partial charge >= 0.3 is 0 Å². The molecule has 0 saturated heterocycles. The van der Waals surface area contributed by atoms with Gasteiger partial charge in [0.1, 0.15) is 0 Å². The summed E-state index contributed by atoms with van der Waals surface area (Å²) in [5, 5.41) is 10.1. The standard InChI is InChI=1S/C10H19NO/c1-11(9-4-5-9)8-10(12)6-2-3-7-10/h9,12H,2-8H2,1H3. The largest absolute Gasteiger partial charge is 0.389 e. The Morgan fingerprint density at radius 3 is 2.42 bits per heavy atom. The molecule has 0 radical (unpaired) electrons. The van der Waals surface area contributed by atoms with E-state index in [4.69, 9.17) is 0 Å². The number of rotatable bonds is 3. The van der Waals surface area contributed by atoms with E-state index in [1.165, 1.54) is 25.7 Å². The molecule has 0 bridgehead atoms. The summed E-state index contributed by atoms with van der Waals surface area (Å²) in [5.41, 5.74) is -0.336. The molecule has 0 aromatic rings. The van der Waals surface area contributed by atoms with Crippen LogP contribution in [-0.4, -0.2) is 35.2 Å². The molecule has 0 spiro atoms. The third-order valence-electron chi connectivity index (χ3n) is 3.25. The molecule has 2 nitrogen and oxygen atoms in total. The minimum atomic E-state index is -0.336. The molecule has 2 aliphatic carbocycles. The van der Waals surface area contributed by atoms with Gasteiger partial charge in [0.25, 0.3) is 0 Å². The monoisotopic (exact) mass is 169 g/mol. The highest BCUT2D eigenvalue weighted by Gasteiger charge is 2.36. The van der Waals surface area contributed by atoms with Gasteiger partial charge < -0.3 is 10.0 Å². The highest BCUT2D eigenvalue weighted by molar-refractivity contribution is 4.91. The van der Waals surface area contributed by atoms with Gasteiger partial charge in [-0.3, -0.25) is 0 Å². The van der Waals surface area contributed by atoms with Crippen molar-refractivity contribution >= 4 is 0 Å². The highest BCUT2D eigenvalue weighted by Crippen LogP contribution is 2.33. The molecule has 2 fully saturated rings. The third-order valence-corrected chi connectivity index (χ3v) is 3.25. The topological polar surface area (TPSA) is 23.5 Å². The quantitative estimate of drug-likeness (QED) is 0.690. The molecular weight excluding hydrogens is 150 g/mol. The first kappa shape index (κ1) is 8.52. The van der Waals surface area contributed by atoms with E-state index in [9.17, 15) is 5.11 Å². The minimum absolute atomic E-state index is 0.336. The van der Waals surface area contributed by atoms with Gasteiger partial charge in [0.15, 0.2) is 0 Å². The molecule has 12 heavy (non-hydrogen) atoms. The zero-order chi connectivity index (χ0) is 8.60. The Bertz CT molecular complexity index is 159. The van der Waals surface area contributed by atoms with E-state index in [2.05, 4.69) is 11.9 Å². The number of nitrogens with zero attached hydrogens (tertiary/aromatic N) is 1. The Labute approximate surface area is 74.6 Å². The van der Waals surface area contributed by atoms with Gasteiger partial charge in [-0.05, 0) is 32.7 Å². The fourth-order valence-corrected chi connectivity index (χ4v) is 2.30. The van der Waals surface area contributed by atoms with Gasteiger partial charge in [-0.15, -0.1) is 0 Å². The predicted octanol–water partition coefficient (Wildman–Crippen LogP) is 1.39. The van der Waals surface area contributed by atoms with Crippen LogP contribution in [0.15, 0.2) is 0 Å². The first-order chi connectivity index (χ1) is 5.70. The maximum Gasteiger partial charge on any atom is 0.0774 e. The number of aliphatic hydroxyl groups is 1. The van der Waals surface area contributed by atoms with Gasteiger partial charge in [-0.25, -0.2) is 0 Å². The Morgan fingerprint density at radius 1 is 1.33 bits per heavy atom. The predicted molar refractivity (Wildman–Crippen MR) is 49.1 cm³/mol. The lowest BCUT2D eigenvalue weighted by molar-refractivity contribution is 0.0144. The first-order valence-electron chi connectivity index (χ1n) is 5.12. The van der Waals surface area contributed by atoms with Crippen molar-refractivity contribution < 1.29 is 5.11 Å². The Balaban J connectivity index is 1.83. The van der Waals surface area contributed by atoms with E-state index < -0.39 is 0 Å². The Morgan fingerprint density at radius 2 is 1.92 bits per heavy atom. The van der Waals surface area contributed by atoms with Crippen LogP contribution >= 0.6 is 0 Å². The van der Waals surface area contributed by atoms with E-state index in [-0.39, 0.29) is 5.60 Å². The zero-order valence-electron chi connectivity index (χ0n) is 7.92. The second-order valence-corrected chi connectivity index (χ2v) is 4.58. The zero-order valence-corrected chi connectivity index (χ0v) is 7.92. The van der Waals surface area contributed by atoms with Gasteiger partial charge in [-0.2, -0.15) is 0 Å². The van der Waals surface area contributed by atoms with Crippen molar-refractivity contribution in [3.05, 3.63) is 0 Å². The molecule has 0 amide bonds. The lowest BCUT2D eigenvalue weighted by atomic mass is 10.0. The Hall–Kier alpha value is -0.0800. The van der Waals surface area contributed by atoms with Crippen molar-refractivity contribution in [2.45, 2.75) is 50.2 Å². The van der Waals surface area contributed by atoms with Crippen LogP contribution in [0.25, 0.3) is 0 Å². The van der Waals surface area contributed by atoms with Crippen molar-refractivity contribution in [3.8, 4) is 0 Å². The highest BCUT2D eigenvalue weighted by atomic mass is 16.3. The van der Waals surface area contributed by atoms with Crippen LogP contribution < -0.4 is 0 Å². The first-order valence-corrected chi connectivity index (χ1v) is 5.12. The van der Waals surface area contributed by atoms with Crippen molar-refractivity contribution in [1.29, 1.82) is 0 Å². The van der Waals surface area contributed by atoms with E-state index in [0.717, 1.165) is 25.4 Å². The fourth-order valence-electron chi connectivity index (χ4n) is 2.30. The van der Waals surface area contributed by atoms with E-state index >= 15 is 0 Å². The van der Waals surface area contributed by atoms with Crippen LogP contribution in [0.5, 0.6) is 0 Å². The molecule has 0 atom stereocenters. The molecule has 0 unspecified atom stereocenters. The SMILES string of the molecule is CN(CC1(O)CCCC1)C1CC1. The summed E-state index contributed by atoms with van der Waals surface area (Å²) in [6.45, 7) is 0.900. The molecule has 0 aliphatic heterocycles. The maximum atomic E-state index is 10.1. The summed E-state index contributed by atoms with van der Waals surface area (Å²) in [6.07, 6.45) is 7.15. The third kappa shape index (κ3) is 1.80. The molecule has 2 rings (SSSR count). The molecule has 0 aromatic carbocycles. The maximum absolute atomic E-state index is 10.1. The molecule has 2 aliphatic rings. The van der Waals surface area contributed by atoms with Gasteiger partial charge in [0.05, 0.1) is 5.60 Å². The molecule has 2 heteroatoms. The lowest BCUT2D eigenvalue weighted by Crippen LogP contribution is -2.40. The summed E-state index contributed by atoms with van der Waals surface area (Å²) in [4.78, 5) is 2.34. The number of likely N-dealkylation sites (N-methyl/N-ethyl adjacent to an activating group) is 1. The van der Waals surface area contributed by atoms with E-state index in [1.807, 2.05) is 0 Å². The van der Waals surface area contributed by atoms with Crippen molar-refractivity contribution in [2.24, 2.45) is 0 Å². The molecule has 0 heterocycles. The average Bonchev–Trinajstić information content (AvgIpc) is 2.77. The van der Waals surface area contributed by atoms with Crippen LogP contribution in [0.2, 0.25) is 0 Å². The summed E-state index contributed by atoms with van der Waals surface area (Å²) in [7, 11) is 2.15. The minimum Gasteiger partial charge on any atom is -0.389 e. The molecule has 0 aromatic heterocycles. The summed E-state index contributed by atoms with van der Waals surface area (Å²) in [5.74, 6) is 0. The lowest BCUT2D eigenvalue weighted by Gasteiger charge is -2.28. The summed E-state index contributed by atoms with van der Waals surface area (Å²) >= 11 is 0.